The van der Waals surface area contributed by atoms with Crippen molar-refractivity contribution in [2.75, 3.05) is 12.3 Å². The summed E-state index contributed by atoms with van der Waals surface area (Å²) in [6.45, 7) is 7.16. The topological polar surface area (TPSA) is 12.0 Å². The maximum absolute atomic E-state index is 13.9. The lowest BCUT2D eigenvalue weighted by atomic mass is 10.1. The molecule has 2 unspecified atom stereocenters. The van der Waals surface area contributed by atoms with Gasteiger partial charge in [-0.15, -0.1) is 0 Å². The second-order valence-corrected chi connectivity index (χ2v) is 6.17. The normalized spacial score (nSPS) is 14.4. The highest BCUT2D eigenvalue weighted by atomic mass is 32.2. The van der Waals surface area contributed by atoms with E-state index in [1.165, 1.54) is 0 Å². The second kappa shape index (κ2) is 8.54. The van der Waals surface area contributed by atoms with E-state index < -0.39 is 11.6 Å². The minimum absolute atomic E-state index is 0.130. The van der Waals surface area contributed by atoms with Crippen LogP contribution in [0, 0.1) is 11.6 Å². The zero-order chi connectivity index (χ0) is 14.3. The fourth-order valence-electron chi connectivity index (χ4n) is 1.75. The van der Waals surface area contributed by atoms with Crippen molar-refractivity contribution in [1.29, 1.82) is 0 Å². The lowest BCUT2D eigenvalue weighted by Crippen LogP contribution is -2.26. The Kier molecular flexibility index (Phi) is 7.39. The second-order valence-electron chi connectivity index (χ2n) is 4.70. The Bertz CT molecular complexity index is 384. The molecule has 0 aromatic heterocycles. The van der Waals surface area contributed by atoms with Gasteiger partial charge in [-0.1, -0.05) is 32.9 Å². The molecule has 0 heterocycles. The van der Waals surface area contributed by atoms with Gasteiger partial charge in [0.1, 0.15) is 0 Å². The van der Waals surface area contributed by atoms with Crippen molar-refractivity contribution in [3.8, 4) is 0 Å². The van der Waals surface area contributed by atoms with Gasteiger partial charge in [0, 0.05) is 22.6 Å². The van der Waals surface area contributed by atoms with E-state index in [2.05, 4.69) is 26.1 Å². The van der Waals surface area contributed by atoms with Crippen LogP contribution in [0.2, 0.25) is 0 Å². The summed E-state index contributed by atoms with van der Waals surface area (Å²) in [6.07, 6.45) is 2.05. The first-order chi connectivity index (χ1) is 9.10. The van der Waals surface area contributed by atoms with Crippen LogP contribution in [-0.4, -0.2) is 17.5 Å². The van der Waals surface area contributed by atoms with Gasteiger partial charge in [0.15, 0.2) is 11.6 Å². The molecule has 0 bridgehead atoms. The van der Waals surface area contributed by atoms with Crippen LogP contribution in [0.1, 0.15) is 45.2 Å². The molecule has 0 aliphatic rings. The summed E-state index contributed by atoms with van der Waals surface area (Å²) in [5.74, 6) is -0.731. The van der Waals surface area contributed by atoms with E-state index in [1.807, 2.05) is 0 Å². The third kappa shape index (κ3) is 5.11. The smallest absolute Gasteiger partial charge is 0.163 e. The standard InChI is InChI=1S/C15H23F2NS/c1-4-9-18-14(10-19-11(3)5-2)12-7-6-8-13(16)15(12)17/h6-8,11,14,18H,4-5,9-10H2,1-3H3. The number of thioether (sulfide) groups is 1. The highest BCUT2D eigenvalue weighted by Crippen LogP contribution is 2.25. The Morgan fingerprint density at radius 3 is 2.63 bits per heavy atom. The third-order valence-corrected chi connectivity index (χ3v) is 4.55. The summed E-state index contributed by atoms with van der Waals surface area (Å²) >= 11 is 1.79. The van der Waals surface area contributed by atoms with E-state index in [9.17, 15) is 8.78 Å². The van der Waals surface area contributed by atoms with Crippen LogP contribution in [0.5, 0.6) is 0 Å². The molecule has 0 fully saturated rings. The summed E-state index contributed by atoms with van der Waals surface area (Å²) in [5, 5.41) is 3.84. The molecule has 0 spiro atoms. The minimum atomic E-state index is -0.769. The predicted octanol–water partition coefficient (Wildman–Crippen LogP) is 4.54. The van der Waals surface area contributed by atoms with Crippen molar-refractivity contribution in [3.63, 3.8) is 0 Å². The molecule has 2 atom stereocenters. The molecule has 0 aliphatic carbocycles. The highest BCUT2D eigenvalue weighted by Gasteiger charge is 2.18. The number of halogens is 2. The third-order valence-electron chi connectivity index (χ3n) is 3.12. The highest BCUT2D eigenvalue weighted by molar-refractivity contribution is 7.99. The number of nitrogens with one attached hydrogen (secondary N) is 1. The first-order valence-corrected chi connectivity index (χ1v) is 7.93. The van der Waals surface area contributed by atoms with Crippen molar-refractivity contribution < 1.29 is 8.78 Å². The number of hydrogen-bond donors (Lipinski definition) is 1. The van der Waals surface area contributed by atoms with Gasteiger partial charge >= 0.3 is 0 Å². The van der Waals surface area contributed by atoms with Crippen LogP contribution in [0.15, 0.2) is 18.2 Å². The van der Waals surface area contributed by atoms with Crippen molar-refractivity contribution in [2.45, 2.75) is 44.9 Å². The maximum Gasteiger partial charge on any atom is 0.163 e. The lowest BCUT2D eigenvalue weighted by molar-refractivity contribution is 0.475. The van der Waals surface area contributed by atoms with E-state index in [-0.39, 0.29) is 6.04 Å². The summed E-state index contributed by atoms with van der Waals surface area (Å²) in [7, 11) is 0. The zero-order valence-corrected chi connectivity index (χ0v) is 12.7. The van der Waals surface area contributed by atoms with Gasteiger partial charge in [-0.2, -0.15) is 11.8 Å². The largest absolute Gasteiger partial charge is 0.309 e. The van der Waals surface area contributed by atoms with E-state index in [0.29, 0.717) is 10.8 Å². The van der Waals surface area contributed by atoms with Crippen LogP contribution in [0.4, 0.5) is 8.78 Å². The molecule has 0 saturated heterocycles. The molecule has 0 saturated carbocycles. The van der Waals surface area contributed by atoms with Crippen molar-refractivity contribution in [3.05, 3.63) is 35.4 Å². The molecule has 0 amide bonds. The van der Waals surface area contributed by atoms with E-state index in [0.717, 1.165) is 31.2 Å². The molecule has 1 rings (SSSR count). The lowest BCUT2D eigenvalue weighted by Gasteiger charge is -2.21. The van der Waals surface area contributed by atoms with Gasteiger partial charge in [-0.25, -0.2) is 8.78 Å². The summed E-state index contributed by atoms with van der Waals surface area (Å²) in [4.78, 5) is 0. The molecule has 19 heavy (non-hydrogen) atoms. The van der Waals surface area contributed by atoms with Crippen LogP contribution in [-0.2, 0) is 0 Å². The van der Waals surface area contributed by atoms with Gasteiger partial charge in [-0.05, 0) is 25.5 Å². The average molecular weight is 287 g/mol. The van der Waals surface area contributed by atoms with Crippen LogP contribution in [0.3, 0.4) is 0 Å². The van der Waals surface area contributed by atoms with Gasteiger partial charge in [0.05, 0.1) is 0 Å². The van der Waals surface area contributed by atoms with Gasteiger partial charge in [-0.3, -0.25) is 0 Å². The Labute approximate surface area is 119 Å². The van der Waals surface area contributed by atoms with Crippen LogP contribution >= 0.6 is 11.8 Å². The minimum Gasteiger partial charge on any atom is -0.309 e. The maximum atomic E-state index is 13.9. The Morgan fingerprint density at radius 2 is 2.00 bits per heavy atom. The zero-order valence-electron chi connectivity index (χ0n) is 11.9. The molecule has 4 heteroatoms. The van der Waals surface area contributed by atoms with E-state index >= 15 is 0 Å². The molecular weight excluding hydrogens is 264 g/mol. The molecule has 0 aliphatic heterocycles. The Hall–Kier alpha value is -0.610. The molecule has 1 nitrogen and oxygen atoms in total. The molecular formula is C15H23F2NS. The van der Waals surface area contributed by atoms with Crippen LogP contribution in [0.25, 0.3) is 0 Å². The molecule has 108 valence electrons. The van der Waals surface area contributed by atoms with Crippen LogP contribution < -0.4 is 5.32 Å². The first kappa shape index (κ1) is 16.4. The van der Waals surface area contributed by atoms with E-state index in [1.54, 1.807) is 23.9 Å². The monoisotopic (exact) mass is 287 g/mol. The summed E-state index contributed by atoms with van der Waals surface area (Å²) < 4.78 is 27.2. The summed E-state index contributed by atoms with van der Waals surface area (Å²) in [5.41, 5.74) is 0.434. The SMILES string of the molecule is CCCNC(CSC(C)CC)c1cccc(F)c1F. The fraction of sp³-hybridized carbons (Fsp3) is 0.600. The summed E-state index contributed by atoms with van der Waals surface area (Å²) in [6, 6.07) is 4.28. The Balaban J connectivity index is 2.80. The van der Waals surface area contributed by atoms with Gasteiger partial charge in [0.25, 0.3) is 0 Å². The van der Waals surface area contributed by atoms with Crippen molar-refractivity contribution in [1.82, 2.24) is 5.32 Å². The quantitative estimate of drug-likeness (QED) is 0.753. The molecule has 1 N–H and O–H groups in total. The average Bonchev–Trinajstić information content (AvgIpc) is 2.42. The molecule has 1 aromatic rings. The van der Waals surface area contributed by atoms with Gasteiger partial charge in [0.2, 0.25) is 0 Å². The Morgan fingerprint density at radius 1 is 1.26 bits per heavy atom. The molecule has 0 radical (unpaired) electrons. The van der Waals surface area contributed by atoms with Crippen molar-refractivity contribution >= 4 is 11.8 Å². The molecule has 1 aromatic carbocycles. The van der Waals surface area contributed by atoms with E-state index in [4.69, 9.17) is 0 Å². The number of hydrogen-bond acceptors (Lipinski definition) is 2. The number of rotatable bonds is 8. The first-order valence-electron chi connectivity index (χ1n) is 6.89. The fourth-order valence-corrected chi connectivity index (χ4v) is 2.80. The van der Waals surface area contributed by atoms with Crippen molar-refractivity contribution in [2.24, 2.45) is 0 Å². The predicted molar refractivity (Wildman–Crippen MR) is 79.6 cm³/mol. The number of benzene rings is 1. The van der Waals surface area contributed by atoms with Gasteiger partial charge < -0.3 is 5.32 Å².